The van der Waals surface area contributed by atoms with Gasteiger partial charge in [0, 0.05) is 48.2 Å². The number of hydrogen-bond donors (Lipinski definition) is 1. The lowest BCUT2D eigenvalue weighted by atomic mass is 9.74. The van der Waals surface area contributed by atoms with Crippen molar-refractivity contribution in [1.82, 2.24) is 19.9 Å². The van der Waals surface area contributed by atoms with Gasteiger partial charge in [-0.25, -0.2) is 9.78 Å². The van der Waals surface area contributed by atoms with Gasteiger partial charge in [-0.1, -0.05) is 46.8 Å². The Labute approximate surface area is 210 Å². The molecular formula is C27H32N4O3S. The lowest BCUT2D eigenvalue weighted by Crippen LogP contribution is -2.56. The fraction of sp³-hybridized carbons (Fsp3) is 0.444. The van der Waals surface area contributed by atoms with Gasteiger partial charge < -0.3 is 10.0 Å². The van der Waals surface area contributed by atoms with E-state index in [9.17, 15) is 14.7 Å². The molecule has 1 aliphatic heterocycles. The summed E-state index contributed by atoms with van der Waals surface area (Å²) >= 11 is 1.42. The Morgan fingerprint density at radius 3 is 2.37 bits per heavy atom. The topological polar surface area (TPSA) is 96.3 Å². The summed E-state index contributed by atoms with van der Waals surface area (Å²) in [5.41, 5.74) is 0.740. The third-order valence-corrected chi connectivity index (χ3v) is 7.65. The molecule has 0 saturated carbocycles. The van der Waals surface area contributed by atoms with E-state index in [4.69, 9.17) is 0 Å². The van der Waals surface area contributed by atoms with Crippen molar-refractivity contribution in [2.24, 2.45) is 5.92 Å². The van der Waals surface area contributed by atoms with Gasteiger partial charge in [-0.05, 0) is 35.4 Å². The van der Waals surface area contributed by atoms with Crippen molar-refractivity contribution in [3.05, 3.63) is 76.3 Å². The fourth-order valence-corrected chi connectivity index (χ4v) is 6.11. The average molecular weight is 493 g/mol. The third kappa shape index (κ3) is 4.59. The van der Waals surface area contributed by atoms with Crippen LogP contribution in [0.4, 0.5) is 0 Å². The molecule has 8 heteroatoms. The molecule has 3 aromatic rings. The van der Waals surface area contributed by atoms with Gasteiger partial charge in [0.2, 0.25) is 0 Å². The Bertz CT molecular complexity index is 1170. The molecule has 4 rings (SSSR count). The standard InChI is InChI=1S/C27H32N4O3S/c1-17(2)14-27(25(33)34)22(23-30-12-13-35-23)20(21-15-28-10-11-29-21)16-31(27)24(32)18-6-8-19(9-7-18)26(3,4)5/h6-13,15,17,20,22H,14,16H2,1-5H3,(H,33,34)/t20-,22?,27+/m1/s1. The van der Waals surface area contributed by atoms with E-state index in [1.807, 2.05) is 31.4 Å². The summed E-state index contributed by atoms with van der Waals surface area (Å²) in [5, 5.41) is 13.4. The number of aliphatic carboxylic acids is 1. The zero-order chi connectivity index (χ0) is 25.4. The molecule has 0 radical (unpaired) electrons. The summed E-state index contributed by atoms with van der Waals surface area (Å²) in [6, 6.07) is 7.51. The first-order valence-corrected chi connectivity index (χ1v) is 12.7. The van der Waals surface area contributed by atoms with E-state index in [-0.39, 0.29) is 29.7 Å². The number of nitrogens with zero attached hydrogens (tertiary/aromatic N) is 4. The predicted octanol–water partition coefficient (Wildman–Crippen LogP) is 5.12. The maximum atomic E-state index is 14.0. The third-order valence-electron chi connectivity index (χ3n) is 6.79. The first-order valence-electron chi connectivity index (χ1n) is 11.9. The highest BCUT2D eigenvalue weighted by atomic mass is 32.1. The summed E-state index contributed by atoms with van der Waals surface area (Å²) in [5.74, 6) is -2.16. The van der Waals surface area contributed by atoms with Crippen molar-refractivity contribution in [2.45, 2.75) is 63.8 Å². The van der Waals surface area contributed by atoms with E-state index in [1.165, 1.54) is 11.3 Å². The number of carbonyl (C=O) groups is 2. The van der Waals surface area contributed by atoms with E-state index in [1.54, 1.807) is 41.8 Å². The van der Waals surface area contributed by atoms with Crippen molar-refractivity contribution in [3.8, 4) is 0 Å². The molecule has 7 nitrogen and oxygen atoms in total. The monoisotopic (exact) mass is 492 g/mol. The zero-order valence-electron chi connectivity index (χ0n) is 20.8. The summed E-state index contributed by atoms with van der Waals surface area (Å²) in [4.78, 5) is 42.1. The van der Waals surface area contributed by atoms with Crippen LogP contribution in [0.2, 0.25) is 0 Å². The van der Waals surface area contributed by atoms with Crippen molar-refractivity contribution in [3.63, 3.8) is 0 Å². The van der Waals surface area contributed by atoms with Crippen LogP contribution in [0.3, 0.4) is 0 Å². The van der Waals surface area contributed by atoms with E-state index in [0.29, 0.717) is 22.7 Å². The van der Waals surface area contributed by atoms with Crippen LogP contribution in [0.25, 0.3) is 0 Å². The van der Waals surface area contributed by atoms with E-state index in [0.717, 1.165) is 5.56 Å². The Morgan fingerprint density at radius 2 is 1.86 bits per heavy atom. The van der Waals surface area contributed by atoms with Crippen LogP contribution in [0.1, 0.15) is 79.5 Å². The van der Waals surface area contributed by atoms with E-state index in [2.05, 4.69) is 35.7 Å². The molecule has 0 aliphatic carbocycles. The molecule has 1 aliphatic rings. The predicted molar refractivity (Wildman–Crippen MR) is 136 cm³/mol. The van der Waals surface area contributed by atoms with Gasteiger partial charge in [-0.2, -0.15) is 0 Å². The van der Waals surface area contributed by atoms with Crippen LogP contribution in [0.15, 0.2) is 54.4 Å². The first kappa shape index (κ1) is 25.0. The molecule has 3 atom stereocenters. The van der Waals surface area contributed by atoms with Crippen LogP contribution >= 0.6 is 11.3 Å². The first-order chi connectivity index (χ1) is 16.6. The maximum absolute atomic E-state index is 14.0. The Hall–Kier alpha value is -3.13. The molecule has 1 saturated heterocycles. The van der Waals surface area contributed by atoms with Gasteiger partial charge in [0.15, 0.2) is 5.54 Å². The van der Waals surface area contributed by atoms with E-state index >= 15 is 0 Å². The summed E-state index contributed by atoms with van der Waals surface area (Å²) < 4.78 is 0. The van der Waals surface area contributed by atoms with E-state index < -0.39 is 17.4 Å². The van der Waals surface area contributed by atoms with Gasteiger partial charge in [-0.3, -0.25) is 14.8 Å². The van der Waals surface area contributed by atoms with Gasteiger partial charge in [0.1, 0.15) is 0 Å². The van der Waals surface area contributed by atoms with Crippen LogP contribution < -0.4 is 0 Å². The summed E-state index contributed by atoms with van der Waals surface area (Å²) in [6.45, 7) is 10.5. The highest BCUT2D eigenvalue weighted by Gasteiger charge is 2.62. The number of likely N-dealkylation sites (tertiary alicyclic amines) is 1. The highest BCUT2D eigenvalue weighted by molar-refractivity contribution is 7.09. The van der Waals surface area contributed by atoms with Crippen LogP contribution in [-0.4, -0.2) is 48.9 Å². The molecule has 2 aromatic heterocycles. The van der Waals surface area contributed by atoms with Crippen molar-refractivity contribution in [1.29, 1.82) is 0 Å². The number of carbonyl (C=O) groups excluding carboxylic acids is 1. The van der Waals surface area contributed by atoms with Gasteiger partial charge >= 0.3 is 5.97 Å². The minimum Gasteiger partial charge on any atom is -0.479 e. The minimum atomic E-state index is -1.46. The number of aromatic nitrogens is 3. The molecule has 35 heavy (non-hydrogen) atoms. The Morgan fingerprint density at radius 1 is 1.14 bits per heavy atom. The molecule has 0 bridgehead atoms. The quantitative estimate of drug-likeness (QED) is 0.513. The smallest absolute Gasteiger partial charge is 0.330 e. The minimum absolute atomic E-state index is 0.0349. The zero-order valence-corrected chi connectivity index (χ0v) is 21.6. The number of thiazole rings is 1. The maximum Gasteiger partial charge on any atom is 0.330 e. The van der Waals surface area contributed by atoms with Gasteiger partial charge in [0.05, 0.1) is 16.6 Å². The van der Waals surface area contributed by atoms with Gasteiger partial charge in [-0.15, -0.1) is 11.3 Å². The van der Waals surface area contributed by atoms with Crippen LogP contribution in [-0.2, 0) is 10.2 Å². The van der Waals surface area contributed by atoms with Crippen molar-refractivity contribution < 1.29 is 14.7 Å². The number of rotatable bonds is 6. The normalized spacial score (nSPS) is 22.5. The molecule has 1 amide bonds. The largest absolute Gasteiger partial charge is 0.479 e. The number of benzene rings is 1. The number of amides is 1. The Balaban J connectivity index is 1.87. The van der Waals surface area contributed by atoms with Crippen molar-refractivity contribution >= 4 is 23.2 Å². The lowest BCUT2D eigenvalue weighted by molar-refractivity contribution is -0.150. The number of carboxylic acid groups (broad SMARTS) is 1. The second-order valence-electron chi connectivity index (χ2n) is 10.7. The fourth-order valence-electron chi connectivity index (χ4n) is 5.22. The average Bonchev–Trinajstić information content (AvgIpc) is 3.45. The molecule has 1 N–H and O–H groups in total. The molecule has 1 aromatic carbocycles. The number of carboxylic acids is 1. The molecule has 1 fully saturated rings. The molecular weight excluding hydrogens is 460 g/mol. The molecule has 3 heterocycles. The molecule has 0 spiro atoms. The SMILES string of the molecule is CC(C)C[C@@]1(C(=O)O)C(c2nccs2)[C@@H](c2cnccn2)CN1C(=O)c1ccc(C(C)(C)C)cc1. The van der Waals surface area contributed by atoms with Crippen LogP contribution in [0, 0.1) is 5.92 Å². The summed E-state index contributed by atoms with van der Waals surface area (Å²) in [6.07, 6.45) is 6.85. The Kier molecular flexibility index (Phi) is 6.77. The summed E-state index contributed by atoms with van der Waals surface area (Å²) in [7, 11) is 0. The molecule has 184 valence electrons. The van der Waals surface area contributed by atoms with Crippen molar-refractivity contribution in [2.75, 3.05) is 6.54 Å². The second kappa shape index (κ2) is 9.49. The lowest BCUT2D eigenvalue weighted by Gasteiger charge is -2.39. The molecule has 1 unspecified atom stereocenters. The highest BCUT2D eigenvalue weighted by Crippen LogP contribution is 2.53. The van der Waals surface area contributed by atoms with Gasteiger partial charge in [0.25, 0.3) is 5.91 Å². The number of hydrogen-bond acceptors (Lipinski definition) is 6. The second-order valence-corrected chi connectivity index (χ2v) is 11.6. The van der Waals surface area contributed by atoms with Crippen LogP contribution in [0.5, 0.6) is 0 Å².